The van der Waals surface area contributed by atoms with E-state index in [2.05, 4.69) is 18.7 Å². The number of halogens is 1. The van der Waals surface area contributed by atoms with Crippen molar-refractivity contribution in [2.24, 2.45) is 0 Å². The van der Waals surface area contributed by atoms with Gasteiger partial charge in [0.2, 0.25) is 5.91 Å². The van der Waals surface area contributed by atoms with Crippen molar-refractivity contribution in [2.75, 3.05) is 31.1 Å². The Labute approximate surface area is 166 Å². The number of hydrogen-bond donors (Lipinski definition) is 0. The Balaban J connectivity index is 1.93. The molecule has 2 heterocycles. The van der Waals surface area contributed by atoms with E-state index in [0.717, 1.165) is 41.6 Å². The fraction of sp³-hybridized carbons (Fsp3) is 0.500. The van der Waals surface area contributed by atoms with Gasteiger partial charge in [-0.1, -0.05) is 32.9 Å². The van der Waals surface area contributed by atoms with Crippen molar-refractivity contribution in [3.8, 4) is 0 Å². The number of aryl methyl sites for hydroxylation is 1. The number of carbonyl (C=O) groups excluding carboxylic acids is 1. The Bertz CT molecular complexity index is 827. The molecule has 1 aliphatic heterocycles. The minimum absolute atomic E-state index is 0.202. The average Bonchev–Trinajstić information content (AvgIpc) is 2.70. The second kappa shape index (κ2) is 8.67. The van der Waals surface area contributed by atoms with E-state index in [1.807, 2.05) is 30.9 Å². The number of benzene rings is 1. The summed E-state index contributed by atoms with van der Waals surface area (Å²) < 4.78 is 13.3. The summed E-state index contributed by atoms with van der Waals surface area (Å²) in [5.41, 5.74) is 3.18. The summed E-state index contributed by atoms with van der Waals surface area (Å²) in [6.07, 6.45) is 1.21. The van der Waals surface area contributed by atoms with Crippen LogP contribution in [0.2, 0.25) is 0 Å². The molecule has 0 radical (unpaired) electrons. The first-order chi connectivity index (χ1) is 13.4. The molecule has 3 rings (SSSR count). The maximum absolute atomic E-state index is 13.3. The average molecular weight is 384 g/mol. The SMILES string of the molecule is CCC(=O)N1CCN(c2nc(C)nc(C(C)C)c2Cc2ccc(F)cc2)CC1. The van der Waals surface area contributed by atoms with Crippen molar-refractivity contribution in [3.05, 3.63) is 52.7 Å². The van der Waals surface area contributed by atoms with E-state index in [0.29, 0.717) is 25.9 Å². The molecule has 1 saturated heterocycles. The Morgan fingerprint density at radius 2 is 1.75 bits per heavy atom. The first kappa shape index (κ1) is 20.2. The first-order valence-corrected chi connectivity index (χ1v) is 10.0. The van der Waals surface area contributed by atoms with Crippen LogP contribution in [0.5, 0.6) is 0 Å². The smallest absolute Gasteiger partial charge is 0.222 e. The Hall–Kier alpha value is -2.50. The van der Waals surface area contributed by atoms with Crippen molar-refractivity contribution in [2.45, 2.75) is 46.5 Å². The van der Waals surface area contributed by atoms with Gasteiger partial charge >= 0.3 is 0 Å². The lowest BCUT2D eigenvalue weighted by Gasteiger charge is -2.36. The van der Waals surface area contributed by atoms with Gasteiger partial charge in [0, 0.05) is 44.6 Å². The van der Waals surface area contributed by atoms with E-state index in [4.69, 9.17) is 9.97 Å². The predicted molar refractivity (Wildman–Crippen MR) is 109 cm³/mol. The van der Waals surface area contributed by atoms with Gasteiger partial charge in [0.25, 0.3) is 0 Å². The van der Waals surface area contributed by atoms with Gasteiger partial charge in [0.1, 0.15) is 17.5 Å². The third kappa shape index (κ3) is 4.49. The number of hydrogen-bond acceptors (Lipinski definition) is 4. The van der Waals surface area contributed by atoms with Gasteiger partial charge in [0.15, 0.2) is 0 Å². The Kier molecular flexibility index (Phi) is 6.27. The van der Waals surface area contributed by atoms with E-state index in [-0.39, 0.29) is 17.6 Å². The molecule has 0 atom stereocenters. The summed E-state index contributed by atoms with van der Waals surface area (Å²) in [7, 11) is 0. The zero-order valence-corrected chi connectivity index (χ0v) is 17.2. The molecule has 1 amide bonds. The molecule has 1 aromatic carbocycles. The van der Waals surface area contributed by atoms with Gasteiger partial charge in [-0.05, 0) is 30.5 Å². The summed E-state index contributed by atoms with van der Waals surface area (Å²) >= 11 is 0. The third-order valence-corrected chi connectivity index (χ3v) is 5.20. The topological polar surface area (TPSA) is 49.3 Å². The Morgan fingerprint density at radius 3 is 2.32 bits per heavy atom. The van der Waals surface area contributed by atoms with Crippen LogP contribution in [0.25, 0.3) is 0 Å². The molecule has 0 N–H and O–H groups in total. The molecule has 0 spiro atoms. The number of rotatable bonds is 5. The quantitative estimate of drug-likeness (QED) is 0.789. The molecule has 1 aliphatic rings. The second-order valence-corrected chi connectivity index (χ2v) is 7.64. The minimum Gasteiger partial charge on any atom is -0.353 e. The van der Waals surface area contributed by atoms with Crippen LogP contribution in [-0.2, 0) is 11.2 Å². The monoisotopic (exact) mass is 384 g/mol. The van der Waals surface area contributed by atoms with Crippen molar-refractivity contribution in [1.82, 2.24) is 14.9 Å². The number of carbonyl (C=O) groups is 1. The summed E-state index contributed by atoms with van der Waals surface area (Å²) in [6.45, 7) is 11.0. The van der Waals surface area contributed by atoms with Gasteiger partial charge in [-0.2, -0.15) is 0 Å². The van der Waals surface area contributed by atoms with Crippen LogP contribution in [0, 0.1) is 12.7 Å². The second-order valence-electron chi connectivity index (χ2n) is 7.64. The van der Waals surface area contributed by atoms with Gasteiger partial charge in [-0.25, -0.2) is 14.4 Å². The first-order valence-electron chi connectivity index (χ1n) is 10.0. The minimum atomic E-state index is -0.232. The predicted octanol–water partition coefficient (Wildman–Crippen LogP) is 3.70. The van der Waals surface area contributed by atoms with Crippen molar-refractivity contribution in [3.63, 3.8) is 0 Å². The lowest BCUT2D eigenvalue weighted by Crippen LogP contribution is -2.49. The number of piperazine rings is 1. The standard InChI is InChI=1S/C22H29FN4O/c1-5-20(28)26-10-12-27(13-11-26)22-19(14-17-6-8-18(23)9-7-17)21(15(2)3)24-16(4)25-22/h6-9,15H,5,10-14H2,1-4H3. The van der Waals surface area contributed by atoms with Gasteiger partial charge in [0.05, 0.1) is 5.69 Å². The van der Waals surface area contributed by atoms with Crippen molar-refractivity contribution < 1.29 is 9.18 Å². The lowest BCUT2D eigenvalue weighted by molar-refractivity contribution is -0.131. The molecule has 1 aromatic heterocycles. The van der Waals surface area contributed by atoms with Crippen LogP contribution >= 0.6 is 0 Å². The highest BCUT2D eigenvalue weighted by atomic mass is 19.1. The summed E-state index contributed by atoms with van der Waals surface area (Å²) in [5, 5.41) is 0. The number of aromatic nitrogens is 2. The fourth-order valence-electron chi connectivity index (χ4n) is 3.71. The van der Waals surface area contributed by atoms with E-state index < -0.39 is 0 Å². The van der Waals surface area contributed by atoms with E-state index in [9.17, 15) is 9.18 Å². The largest absolute Gasteiger partial charge is 0.353 e. The van der Waals surface area contributed by atoms with E-state index in [1.54, 1.807) is 0 Å². The maximum atomic E-state index is 13.3. The number of nitrogens with zero attached hydrogens (tertiary/aromatic N) is 4. The third-order valence-electron chi connectivity index (χ3n) is 5.20. The van der Waals surface area contributed by atoms with Crippen LogP contribution in [-0.4, -0.2) is 47.0 Å². The zero-order chi connectivity index (χ0) is 20.3. The van der Waals surface area contributed by atoms with Crippen molar-refractivity contribution >= 4 is 11.7 Å². The molecule has 5 nitrogen and oxygen atoms in total. The number of anilines is 1. The molecule has 0 saturated carbocycles. The molecule has 6 heteroatoms. The van der Waals surface area contributed by atoms with Crippen molar-refractivity contribution in [1.29, 1.82) is 0 Å². The number of amides is 1. The van der Waals surface area contributed by atoms with Gasteiger partial charge in [-0.15, -0.1) is 0 Å². The highest BCUT2D eigenvalue weighted by molar-refractivity contribution is 5.76. The van der Waals surface area contributed by atoms with E-state index in [1.165, 1.54) is 12.1 Å². The van der Waals surface area contributed by atoms with Crippen LogP contribution < -0.4 is 4.90 Å². The highest BCUT2D eigenvalue weighted by Crippen LogP contribution is 2.29. The van der Waals surface area contributed by atoms with E-state index >= 15 is 0 Å². The molecule has 2 aromatic rings. The molecule has 0 bridgehead atoms. The molecule has 0 unspecified atom stereocenters. The lowest BCUT2D eigenvalue weighted by atomic mass is 9.97. The molecular weight excluding hydrogens is 355 g/mol. The summed E-state index contributed by atoms with van der Waals surface area (Å²) in [4.78, 5) is 25.7. The van der Waals surface area contributed by atoms with Crippen LogP contribution in [0.4, 0.5) is 10.2 Å². The summed E-state index contributed by atoms with van der Waals surface area (Å²) in [5.74, 6) is 1.94. The van der Waals surface area contributed by atoms with Crippen LogP contribution in [0.3, 0.4) is 0 Å². The molecule has 1 fully saturated rings. The molecule has 28 heavy (non-hydrogen) atoms. The van der Waals surface area contributed by atoms with Crippen LogP contribution in [0.1, 0.15) is 55.8 Å². The molecule has 0 aliphatic carbocycles. The molecular formula is C22H29FN4O. The highest BCUT2D eigenvalue weighted by Gasteiger charge is 2.25. The zero-order valence-electron chi connectivity index (χ0n) is 17.2. The van der Waals surface area contributed by atoms with Gasteiger partial charge < -0.3 is 9.80 Å². The normalized spacial score (nSPS) is 14.6. The maximum Gasteiger partial charge on any atom is 0.222 e. The molecule has 150 valence electrons. The fourth-order valence-corrected chi connectivity index (χ4v) is 3.71. The summed E-state index contributed by atoms with van der Waals surface area (Å²) in [6, 6.07) is 6.63. The van der Waals surface area contributed by atoms with Gasteiger partial charge in [-0.3, -0.25) is 4.79 Å². The van der Waals surface area contributed by atoms with Crippen LogP contribution in [0.15, 0.2) is 24.3 Å². The Morgan fingerprint density at radius 1 is 1.11 bits per heavy atom.